The molecule has 0 saturated heterocycles. The van der Waals surface area contributed by atoms with Crippen molar-refractivity contribution in [3.8, 4) is 0 Å². The lowest BCUT2D eigenvalue weighted by atomic mass is 10.2. The number of aromatic amines is 1. The molecule has 0 saturated carbocycles. The summed E-state index contributed by atoms with van der Waals surface area (Å²) >= 11 is 0. The average Bonchev–Trinajstić information content (AvgIpc) is 2.70. The second-order valence-electron chi connectivity index (χ2n) is 6.12. The van der Waals surface area contributed by atoms with Crippen LogP contribution < -0.4 is 16.4 Å². The highest BCUT2D eigenvalue weighted by molar-refractivity contribution is 6.00. The van der Waals surface area contributed by atoms with E-state index >= 15 is 0 Å². The highest BCUT2D eigenvalue weighted by Crippen LogP contribution is 2.20. The fraction of sp³-hybridized carbons (Fsp3) is 0.100. The van der Waals surface area contributed by atoms with Crippen molar-refractivity contribution in [2.75, 3.05) is 5.32 Å². The van der Waals surface area contributed by atoms with Gasteiger partial charge in [-0.15, -0.1) is 0 Å². The lowest BCUT2D eigenvalue weighted by Gasteiger charge is -2.09. The highest BCUT2D eigenvalue weighted by Gasteiger charge is 2.10. The first-order valence-corrected chi connectivity index (χ1v) is 8.49. The van der Waals surface area contributed by atoms with Gasteiger partial charge < -0.3 is 5.32 Å². The summed E-state index contributed by atoms with van der Waals surface area (Å²) in [7, 11) is 0. The van der Waals surface area contributed by atoms with Gasteiger partial charge in [-0.2, -0.15) is 0 Å². The summed E-state index contributed by atoms with van der Waals surface area (Å²) in [6.45, 7) is 0.0724. The summed E-state index contributed by atoms with van der Waals surface area (Å²) in [5.74, 6) is -0.269. The zero-order chi connectivity index (χ0) is 18.8. The Kier molecular flexibility index (Phi) is 4.25. The van der Waals surface area contributed by atoms with E-state index in [0.29, 0.717) is 22.0 Å². The molecule has 27 heavy (non-hydrogen) atoms. The molecule has 0 unspecified atom stereocenters. The van der Waals surface area contributed by atoms with Crippen molar-refractivity contribution in [1.82, 2.24) is 14.8 Å². The van der Waals surface area contributed by atoms with Crippen molar-refractivity contribution < 1.29 is 4.79 Å². The van der Waals surface area contributed by atoms with Crippen molar-refractivity contribution in [3.63, 3.8) is 0 Å². The number of nitrogens with one attached hydrogen (secondary N) is 2. The van der Waals surface area contributed by atoms with Crippen LogP contribution in [-0.2, 0) is 11.3 Å². The van der Waals surface area contributed by atoms with E-state index in [4.69, 9.17) is 0 Å². The third kappa shape index (κ3) is 3.22. The topological polar surface area (TPSA) is 96.9 Å². The number of benzene rings is 2. The van der Waals surface area contributed by atoms with Crippen LogP contribution in [0.25, 0.3) is 21.7 Å². The quantitative estimate of drug-likeness (QED) is 0.583. The summed E-state index contributed by atoms with van der Waals surface area (Å²) < 4.78 is 1.17. The van der Waals surface area contributed by atoms with Crippen molar-refractivity contribution in [2.24, 2.45) is 0 Å². The van der Waals surface area contributed by atoms with Crippen LogP contribution in [0.1, 0.15) is 6.42 Å². The molecule has 7 heteroatoms. The first-order chi connectivity index (χ1) is 13.1. The first kappa shape index (κ1) is 16.7. The molecule has 0 radical (unpaired) electrons. The molecule has 0 aliphatic heterocycles. The largest absolute Gasteiger partial charge is 0.324 e. The van der Waals surface area contributed by atoms with Gasteiger partial charge in [0.2, 0.25) is 5.91 Å². The molecule has 0 atom stereocenters. The summed E-state index contributed by atoms with van der Waals surface area (Å²) in [5.41, 5.74) is 0.621. The van der Waals surface area contributed by atoms with E-state index in [2.05, 4.69) is 15.4 Å². The molecule has 0 fully saturated rings. The maximum Gasteiger partial charge on any atom is 0.273 e. The minimum Gasteiger partial charge on any atom is -0.324 e. The molecule has 4 rings (SSSR count). The predicted octanol–water partition coefficient (Wildman–Crippen LogP) is 2.27. The Balaban J connectivity index is 1.55. The number of rotatable bonds is 4. The molecule has 0 bridgehead atoms. The normalized spacial score (nSPS) is 11.0. The van der Waals surface area contributed by atoms with E-state index in [1.54, 1.807) is 36.5 Å². The van der Waals surface area contributed by atoms with Crippen molar-refractivity contribution in [1.29, 1.82) is 0 Å². The number of para-hydroxylation sites is 1. The molecule has 2 aromatic carbocycles. The van der Waals surface area contributed by atoms with Gasteiger partial charge in [0.1, 0.15) is 0 Å². The third-order valence-electron chi connectivity index (χ3n) is 4.35. The molecule has 0 spiro atoms. The van der Waals surface area contributed by atoms with Crippen LogP contribution in [-0.4, -0.2) is 20.7 Å². The number of nitrogens with zero attached hydrogens (tertiary/aromatic N) is 2. The van der Waals surface area contributed by atoms with Gasteiger partial charge in [-0.05, 0) is 24.3 Å². The number of carbonyl (C=O) groups excluding carboxylic acids is 1. The maximum atomic E-state index is 12.5. The summed E-state index contributed by atoms with van der Waals surface area (Å²) in [6.07, 6.45) is 1.70. The van der Waals surface area contributed by atoms with Gasteiger partial charge in [0.05, 0.1) is 28.5 Å². The Morgan fingerprint density at radius 1 is 1.00 bits per heavy atom. The number of H-pyrrole nitrogens is 1. The fourth-order valence-electron chi connectivity index (χ4n) is 3.04. The van der Waals surface area contributed by atoms with Crippen LogP contribution in [0.3, 0.4) is 0 Å². The lowest BCUT2D eigenvalue weighted by Crippen LogP contribution is -2.31. The molecular formula is C20H16N4O3. The number of fused-ring (bicyclic) bond motifs is 2. The van der Waals surface area contributed by atoms with Crippen molar-refractivity contribution in [3.05, 3.63) is 81.5 Å². The molecule has 7 nitrogen and oxygen atoms in total. The van der Waals surface area contributed by atoms with Gasteiger partial charge in [0.25, 0.3) is 11.1 Å². The van der Waals surface area contributed by atoms with Crippen LogP contribution in [0.15, 0.2) is 70.4 Å². The Bertz CT molecular complexity index is 1270. The number of carbonyl (C=O) groups is 1. The first-order valence-electron chi connectivity index (χ1n) is 8.49. The molecule has 2 N–H and O–H groups in total. The predicted molar refractivity (Wildman–Crippen MR) is 104 cm³/mol. The molecule has 2 heterocycles. The standard InChI is InChI=1S/C20H16N4O3/c25-17(22-16-9-3-5-13-6-4-11-21-18(13)16)10-12-24-20(27)15-8-2-1-7-14(15)19(26)23-24/h1-9,11H,10,12H2,(H,22,25)(H,23,26). The van der Waals surface area contributed by atoms with Gasteiger partial charge in [-0.25, -0.2) is 4.68 Å². The van der Waals surface area contributed by atoms with Crippen LogP contribution in [0, 0.1) is 0 Å². The van der Waals surface area contributed by atoms with Gasteiger partial charge in [-0.1, -0.05) is 30.3 Å². The van der Waals surface area contributed by atoms with E-state index in [1.165, 1.54) is 4.68 Å². The van der Waals surface area contributed by atoms with E-state index < -0.39 is 0 Å². The van der Waals surface area contributed by atoms with E-state index in [1.807, 2.05) is 24.3 Å². The maximum absolute atomic E-state index is 12.5. The Morgan fingerprint density at radius 2 is 1.78 bits per heavy atom. The monoisotopic (exact) mass is 360 g/mol. The number of anilines is 1. The molecule has 1 amide bonds. The Morgan fingerprint density at radius 3 is 2.63 bits per heavy atom. The third-order valence-corrected chi connectivity index (χ3v) is 4.35. The summed E-state index contributed by atoms with van der Waals surface area (Å²) in [5, 5.41) is 6.93. The summed E-state index contributed by atoms with van der Waals surface area (Å²) in [4.78, 5) is 41.2. The lowest BCUT2D eigenvalue weighted by molar-refractivity contribution is -0.116. The number of aromatic nitrogens is 3. The van der Waals surface area contributed by atoms with Crippen LogP contribution in [0.4, 0.5) is 5.69 Å². The van der Waals surface area contributed by atoms with Crippen LogP contribution in [0.2, 0.25) is 0 Å². The molecule has 134 valence electrons. The van der Waals surface area contributed by atoms with E-state index in [-0.39, 0.29) is 30.0 Å². The molecule has 2 aromatic heterocycles. The van der Waals surface area contributed by atoms with Crippen molar-refractivity contribution in [2.45, 2.75) is 13.0 Å². The minimum atomic E-state index is -0.358. The second kappa shape index (κ2) is 6.87. The highest BCUT2D eigenvalue weighted by atomic mass is 16.2. The van der Waals surface area contributed by atoms with Crippen molar-refractivity contribution >= 4 is 33.3 Å². The zero-order valence-electron chi connectivity index (χ0n) is 14.3. The van der Waals surface area contributed by atoms with Gasteiger partial charge in [-0.3, -0.25) is 24.5 Å². The van der Waals surface area contributed by atoms with E-state index in [9.17, 15) is 14.4 Å². The summed E-state index contributed by atoms with van der Waals surface area (Å²) in [6, 6.07) is 15.9. The SMILES string of the molecule is O=C(CCn1[nH]c(=O)c2ccccc2c1=O)Nc1cccc2cccnc12. The molecule has 4 aromatic rings. The van der Waals surface area contributed by atoms with E-state index in [0.717, 1.165) is 5.39 Å². The van der Waals surface area contributed by atoms with Crippen LogP contribution in [0.5, 0.6) is 0 Å². The number of aryl methyl sites for hydroxylation is 1. The fourth-order valence-corrected chi connectivity index (χ4v) is 3.04. The average molecular weight is 360 g/mol. The number of hydrogen-bond acceptors (Lipinski definition) is 4. The molecule has 0 aliphatic carbocycles. The van der Waals surface area contributed by atoms with Gasteiger partial charge in [0, 0.05) is 18.0 Å². The van der Waals surface area contributed by atoms with Crippen LogP contribution >= 0.6 is 0 Å². The number of amides is 1. The van der Waals surface area contributed by atoms with Gasteiger partial charge >= 0.3 is 0 Å². The molecule has 0 aliphatic rings. The molecular weight excluding hydrogens is 344 g/mol. The zero-order valence-corrected chi connectivity index (χ0v) is 14.3. The Labute approximate surface area is 153 Å². The minimum absolute atomic E-state index is 0.0391. The second-order valence-corrected chi connectivity index (χ2v) is 6.12. The number of hydrogen-bond donors (Lipinski definition) is 2. The smallest absolute Gasteiger partial charge is 0.273 e. The number of pyridine rings is 1. The van der Waals surface area contributed by atoms with Gasteiger partial charge in [0.15, 0.2) is 0 Å². The Hall–Kier alpha value is -3.74.